The molecule has 0 N–H and O–H groups in total. The van der Waals surface area contributed by atoms with Crippen LogP contribution >= 0.6 is 38.9 Å². The van der Waals surface area contributed by atoms with E-state index in [1.807, 2.05) is 30.3 Å². The first-order valence-electron chi connectivity index (χ1n) is 6.04. The quantitative estimate of drug-likeness (QED) is 0.428. The molecule has 0 aliphatic heterocycles. The summed E-state index contributed by atoms with van der Waals surface area (Å²) < 4.78 is 4.35. The summed E-state index contributed by atoms with van der Waals surface area (Å²) in [6.07, 6.45) is 2.07. The van der Waals surface area contributed by atoms with E-state index in [0.717, 1.165) is 35.9 Å². The van der Waals surface area contributed by atoms with E-state index >= 15 is 0 Å². The van der Waals surface area contributed by atoms with Gasteiger partial charge < -0.3 is 0 Å². The predicted molar refractivity (Wildman–Crippen MR) is 88.7 cm³/mol. The summed E-state index contributed by atoms with van der Waals surface area (Å²) in [7, 11) is 0. The molecule has 4 rings (SSSR count). The SMILES string of the molecule is Clc1ccc2c(c1)sc1nc(-c3ccc(Br)cc3)cn12. The van der Waals surface area contributed by atoms with E-state index < -0.39 is 0 Å². The van der Waals surface area contributed by atoms with Gasteiger partial charge in [-0.15, -0.1) is 0 Å². The molecule has 2 nitrogen and oxygen atoms in total. The van der Waals surface area contributed by atoms with Crippen molar-refractivity contribution in [2.24, 2.45) is 0 Å². The molecule has 4 aromatic rings. The first-order chi connectivity index (χ1) is 9.70. The Morgan fingerprint density at radius 1 is 1.10 bits per heavy atom. The molecule has 98 valence electrons. The summed E-state index contributed by atoms with van der Waals surface area (Å²) in [6.45, 7) is 0. The first-order valence-corrected chi connectivity index (χ1v) is 8.02. The summed E-state index contributed by atoms with van der Waals surface area (Å²) in [4.78, 5) is 5.69. The number of halogens is 2. The minimum absolute atomic E-state index is 0.759. The van der Waals surface area contributed by atoms with E-state index in [1.165, 1.54) is 0 Å². The van der Waals surface area contributed by atoms with Crippen LogP contribution in [0.25, 0.3) is 26.4 Å². The third-order valence-electron chi connectivity index (χ3n) is 3.20. The van der Waals surface area contributed by atoms with Gasteiger partial charge in [-0.2, -0.15) is 0 Å². The topological polar surface area (TPSA) is 17.3 Å². The molecule has 20 heavy (non-hydrogen) atoms. The highest BCUT2D eigenvalue weighted by Crippen LogP contribution is 2.31. The van der Waals surface area contributed by atoms with Crippen molar-refractivity contribution in [3.63, 3.8) is 0 Å². The Bertz CT molecular complexity index is 924. The number of benzene rings is 2. The molecule has 0 aliphatic carbocycles. The van der Waals surface area contributed by atoms with E-state index in [-0.39, 0.29) is 0 Å². The molecule has 2 aromatic heterocycles. The predicted octanol–water partition coefficient (Wildman–Crippen LogP) is 5.63. The van der Waals surface area contributed by atoms with E-state index in [1.54, 1.807) is 11.3 Å². The van der Waals surface area contributed by atoms with Gasteiger partial charge in [0.2, 0.25) is 0 Å². The lowest BCUT2D eigenvalue weighted by molar-refractivity contribution is 1.30. The Balaban J connectivity index is 1.93. The number of hydrogen-bond acceptors (Lipinski definition) is 2. The normalized spacial score (nSPS) is 11.5. The molecule has 0 amide bonds. The fourth-order valence-electron chi connectivity index (χ4n) is 2.23. The zero-order valence-corrected chi connectivity index (χ0v) is 13.3. The molecule has 0 unspecified atom stereocenters. The standard InChI is InChI=1S/C15H8BrClN2S/c16-10-3-1-9(2-4-10)12-8-19-13-6-5-11(17)7-14(13)20-15(19)18-12/h1-8H. The molecule has 0 aliphatic rings. The van der Waals surface area contributed by atoms with Crippen molar-refractivity contribution in [1.29, 1.82) is 0 Å². The maximum absolute atomic E-state index is 6.03. The molecule has 2 heterocycles. The second-order valence-electron chi connectivity index (χ2n) is 4.50. The van der Waals surface area contributed by atoms with Crippen molar-refractivity contribution in [1.82, 2.24) is 9.38 Å². The van der Waals surface area contributed by atoms with Gasteiger partial charge in [0.05, 0.1) is 15.9 Å². The fourth-order valence-corrected chi connectivity index (χ4v) is 3.78. The van der Waals surface area contributed by atoms with Crippen LogP contribution in [0.2, 0.25) is 5.02 Å². The Morgan fingerprint density at radius 3 is 2.70 bits per heavy atom. The van der Waals surface area contributed by atoms with Crippen molar-refractivity contribution < 1.29 is 0 Å². The highest BCUT2D eigenvalue weighted by molar-refractivity contribution is 9.10. The molecular weight excluding hydrogens is 356 g/mol. The molecule has 0 spiro atoms. The number of thiazole rings is 1. The smallest absolute Gasteiger partial charge is 0.195 e. The number of fused-ring (bicyclic) bond motifs is 3. The van der Waals surface area contributed by atoms with Gasteiger partial charge in [0.1, 0.15) is 0 Å². The van der Waals surface area contributed by atoms with Crippen molar-refractivity contribution in [2.45, 2.75) is 0 Å². The van der Waals surface area contributed by atoms with Crippen LogP contribution in [0, 0.1) is 0 Å². The lowest BCUT2D eigenvalue weighted by Crippen LogP contribution is -1.77. The van der Waals surface area contributed by atoms with Gasteiger partial charge in [-0.25, -0.2) is 4.98 Å². The van der Waals surface area contributed by atoms with Crippen LogP contribution in [0.15, 0.2) is 53.1 Å². The Morgan fingerprint density at radius 2 is 1.90 bits per heavy atom. The van der Waals surface area contributed by atoms with Crippen molar-refractivity contribution in [2.75, 3.05) is 0 Å². The molecule has 0 radical (unpaired) electrons. The molecule has 0 bridgehead atoms. The maximum atomic E-state index is 6.03. The summed E-state index contributed by atoms with van der Waals surface area (Å²) in [6, 6.07) is 14.1. The van der Waals surface area contributed by atoms with Crippen LogP contribution in [0.5, 0.6) is 0 Å². The summed E-state index contributed by atoms with van der Waals surface area (Å²) in [5, 5.41) is 0.759. The molecule has 0 fully saturated rings. The van der Waals surface area contributed by atoms with Gasteiger partial charge in [-0.3, -0.25) is 4.40 Å². The van der Waals surface area contributed by atoms with Gasteiger partial charge in [0.25, 0.3) is 0 Å². The van der Waals surface area contributed by atoms with E-state index in [2.05, 4.69) is 38.7 Å². The van der Waals surface area contributed by atoms with Crippen molar-refractivity contribution >= 4 is 54.0 Å². The fraction of sp³-hybridized carbons (Fsp3) is 0. The zero-order chi connectivity index (χ0) is 13.7. The van der Waals surface area contributed by atoms with Gasteiger partial charge in [0, 0.05) is 21.3 Å². The minimum Gasteiger partial charge on any atom is -0.290 e. The van der Waals surface area contributed by atoms with Gasteiger partial charge >= 0.3 is 0 Å². The van der Waals surface area contributed by atoms with Crippen molar-refractivity contribution in [3.05, 3.63) is 58.2 Å². The largest absolute Gasteiger partial charge is 0.290 e. The summed E-state index contributed by atoms with van der Waals surface area (Å²) in [5.41, 5.74) is 3.25. The molecule has 0 saturated carbocycles. The zero-order valence-electron chi connectivity index (χ0n) is 10.2. The number of aromatic nitrogens is 2. The van der Waals surface area contributed by atoms with Gasteiger partial charge in [-0.05, 0) is 30.3 Å². The van der Waals surface area contributed by atoms with E-state index in [4.69, 9.17) is 16.6 Å². The molecular formula is C15H8BrClN2S. The average molecular weight is 364 g/mol. The third-order valence-corrected chi connectivity index (χ3v) is 4.98. The van der Waals surface area contributed by atoms with Crippen LogP contribution < -0.4 is 0 Å². The first kappa shape index (κ1) is 12.4. The minimum atomic E-state index is 0.759. The average Bonchev–Trinajstić information content (AvgIpc) is 2.96. The Labute approximate surface area is 132 Å². The molecule has 0 atom stereocenters. The number of hydrogen-bond donors (Lipinski definition) is 0. The highest BCUT2D eigenvalue weighted by Gasteiger charge is 2.10. The number of rotatable bonds is 1. The van der Waals surface area contributed by atoms with Crippen LogP contribution in [0.4, 0.5) is 0 Å². The Kier molecular flexibility index (Phi) is 2.84. The second-order valence-corrected chi connectivity index (χ2v) is 6.86. The van der Waals surface area contributed by atoms with Gasteiger partial charge in [0.15, 0.2) is 4.96 Å². The van der Waals surface area contributed by atoms with Crippen LogP contribution in [0.3, 0.4) is 0 Å². The number of nitrogens with zero attached hydrogens (tertiary/aromatic N) is 2. The lowest BCUT2D eigenvalue weighted by atomic mass is 10.2. The maximum Gasteiger partial charge on any atom is 0.195 e. The van der Waals surface area contributed by atoms with Crippen LogP contribution in [-0.2, 0) is 0 Å². The van der Waals surface area contributed by atoms with E-state index in [9.17, 15) is 0 Å². The van der Waals surface area contributed by atoms with Crippen molar-refractivity contribution in [3.8, 4) is 11.3 Å². The molecule has 2 aromatic carbocycles. The van der Waals surface area contributed by atoms with Crippen LogP contribution in [-0.4, -0.2) is 9.38 Å². The van der Waals surface area contributed by atoms with E-state index in [0.29, 0.717) is 0 Å². The third kappa shape index (κ3) is 1.95. The second kappa shape index (κ2) is 4.58. The molecule has 5 heteroatoms. The van der Waals surface area contributed by atoms with Gasteiger partial charge in [-0.1, -0.05) is 51.0 Å². The van der Waals surface area contributed by atoms with Crippen LogP contribution in [0.1, 0.15) is 0 Å². The summed E-state index contributed by atoms with van der Waals surface area (Å²) >= 11 is 11.1. The highest BCUT2D eigenvalue weighted by atomic mass is 79.9. The lowest BCUT2D eigenvalue weighted by Gasteiger charge is -1.96. The monoisotopic (exact) mass is 362 g/mol. The summed E-state index contributed by atoms with van der Waals surface area (Å²) in [5.74, 6) is 0. The molecule has 0 saturated heterocycles. The number of imidazole rings is 1. The Hall–Kier alpha value is -1.36.